The lowest BCUT2D eigenvalue weighted by Crippen LogP contribution is -2.62. The Hall–Kier alpha value is -1.56. The number of ketones is 3. The van der Waals surface area contributed by atoms with Crippen LogP contribution in [0.25, 0.3) is 0 Å². The van der Waals surface area contributed by atoms with Crippen LogP contribution in [0.15, 0.2) is 0 Å². The molecule has 4 fully saturated rings. The highest BCUT2D eigenvalue weighted by atomic mass is 16.5. The van der Waals surface area contributed by atoms with E-state index < -0.39 is 29.4 Å². The number of carbonyl (C=O) groups is 4. The SMILES string of the molecule is CC(=O)OCC(=O)[C@]1(O)CC[C@@H]2[C@H]3CC[C@H]4CC(=O)CC[C@]4(C)[C@@H]3C(=O)C[C@]21C. The van der Waals surface area contributed by atoms with Crippen LogP contribution in [-0.4, -0.2) is 40.6 Å². The number of Topliss-reactive ketones (excluding diaryl/α,β-unsaturated/α-hetero) is 3. The Labute approximate surface area is 171 Å². The van der Waals surface area contributed by atoms with Gasteiger partial charge in [-0.15, -0.1) is 0 Å². The van der Waals surface area contributed by atoms with Crippen molar-refractivity contribution in [3.05, 3.63) is 0 Å². The lowest BCUT2D eigenvalue weighted by molar-refractivity contribution is -0.180. The van der Waals surface area contributed by atoms with Gasteiger partial charge in [-0.2, -0.15) is 0 Å². The van der Waals surface area contributed by atoms with Gasteiger partial charge in [0.25, 0.3) is 0 Å². The molecule has 1 N–H and O–H groups in total. The standard InChI is InChI=1S/C23H32O6/c1-13(24)29-12-19(27)23(28)9-7-17-16-5-4-14-10-15(25)6-8-21(14,2)20(16)18(26)11-22(17,23)3/h14,16-17,20,28H,4-12H2,1-3H3/t14-,16+,17+,20-,21-,22+,23+/m0/s1. The molecule has 29 heavy (non-hydrogen) atoms. The van der Waals surface area contributed by atoms with Gasteiger partial charge < -0.3 is 9.84 Å². The molecule has 4 aliphatic carbocycles. The van der Waals surface area contributed by atoms with Crippen LogP contribution in [-0.2, 0) is 23.9 Å². The second-order valence-electron chi connectivity index (χ2n) is 10.4. The van der Waals surface area contributed by atoms with Crippen molar-refractivity contribution in [1.29, 1.82) is 0 Å². The molecule has 4 saturated carbocycles. The smallest absolute Gasteiger partial charge is 0.303 e. The van der Waals surface area contributed by atoms with Gasteiger partial charge in [-0.1, -0.05) is 13.8 Å². The van der Waals surface area contributed by atoms with E-state index in [4.69, 9.17) is 4.74 Å². The van der Waals surface area contributed by atoms with Crippen LogP contribution in [0, 0.1) is 34.5 Å². The lowest BCUT2D eigenvalue weighted by atomic mass is 9.44. The van der Waals surface area contributed by atoms with Crippen LogP contribution in [0.3, 0.4) is 0 Å². The number of esters is 1. The fourth-order valence-corrected chi connectivity index (χ4v) is 7.61. The van der Waals surface area contributed by atoms with Crippen molar-refractivity contribution in [3.63, 3.8) is 0 Å². The zero-order valence-corrected chi connectivity index (χ0v) is 17.7. The predicted octanol–water partition coefficient (Wildman–Crippen LogP) is 2.64. The summed E-state index contributed by atoms with van der Waals surface area (Å²) < 4.78 is 4.87. The molecule has 0 amide bonds. The van der Waals surface area contributed by atoms with Crippen molar-refractivity contribution in [2.45, 2.75) is 77.7 Å². The Balaban J connectivity index is 1.64. The molecular formula is C23H32O6. The van der Waals surface area contributed by atoms with E-state index in [9.17, 15) is 24.3 Å². The third-order valence-electron chi connectivity index (χ3n) is 9.19. The van der Waals surface area contributed by atoms with E-state index >= 15 is 0 Å². The minimum absolute atomic E-state index is 0.0849. The number of fused-ring (bicyclic) bond motifs is 5. The Morgan fingerprint density at radius 2 is 1.86 bits per heavy atom. The van der Waals surface area contributed by atoms with Crippen LogP contribution >= 0.6 is 0 Å². The number of carbonyl (C=O) groups excluding carboxylic acids is 4. The van der Waals surface area contributed by atoms with Crippen molar-refractivity contribution in [2.75, 3.05) is 6.61 Å². The maximum Gasteiger partial charge on any atom is 0.303 e. The summed E-state index contributed by atoms with van der Waals surface area (Å²) in [5, 5.41) is 11.4. The van der Waals surface area contributed by atoms with Gasteiger partial charge in [0, 0.05) is 37.5 Å². The molecule has 4 aliphatic rings. The fourth-order valence-electron chi connectivity index (χ4n) is 7.61. The molecule has 0 spiro atoms. The van der Waals surface area contributed by atoms with Crippen molar-refractivity contribution in [1.82, 2.24) is 0 Å². The summed E-state index contributed by atoms with van der Waals surface area (Å²) in [5.74, 6) is -0.187. The van der Waals surface area contributed by atoms with Gasteiger partial charge in [0.05, 0.1) is 0 Å². The lowest BCUT2D eigenvalue weighted by Gasteiger charge is -2.59. The van der Waals surface area contributed by atoms with Gasteiger partial charge in [0.1, 0.15) is 17.2 Å². The zero-order chi connectivity index (χ0) is 21.2. The molecule has 0 aromatic carbocycles. The van der Waals surface area contributed by atoms with Crippen LogP contribution in [0.2, 0.25) is 0 Å². The van der Waals surface area contributed by atoms with Crippen LogP contribution in [0.1, 0.15) is 72.1 Å². The normalized spacial score (nSPS) is 46.5. The maximum absolute atomic E-state index is 13.5. The topological polar surface area (TPSA) is 97.7 Å². The molecule has 0 aromatic rings. The minimum Gasteiger partial charge on any atom is -0.458 e. The van der Waals surface area contributed by atoms with E-state index in [2.05, 4.69) is 6.92 Å². The van der Waals surface area contributed by atoms with Crippen molar-refractivity contribution < 1.29 is 29.0 Å². The molecule has 0 aromatic heterocycles. The van der Waals surface area contributed by atoms with Crippen molar-refractivity contribution in [3.8, 4) is 0 Å². The monoisotopic (exact) mass is 404 g/mol. The second kappa shape index (κ2) is 6.73. The molecule has 0 heterocycles. The molecule has 4 rings (SSSR count). The predicted molar refractivity (Wildman–Crippen MR) is 104 cm³/mol. The summed E-state index contributed by atoms with van der Waals surface area (Å²) in [4.78, 5) is 49.5. The fraction of sp³-hybridized carbons (Fsp3) is 0.826. The molecule has 0 bridgehead atoms. The second-order valence-corrected chi connectivity index (χ2v) is 10.4. The van der Waals surface area contributed by atoms with Gasteiger partial charge >= 0.3 is 5.97 Å². The van der Waals surface area contributed by atoms with E-state index in [-0.39, 0.29) is 41.3 Å². The van der Waals surface area contributed by atoms with Crippen LogP contribution < -0.4 is 0 Å². The Bertz CT molecular complexity index is 773. The first-order chi connectivity index (χ1) is 13.5. The average molecular weight is 405 g/mol. The molecule has 0 saturated heterocycles. The number of hydrogen-bond acceptors (Lipinski definition) is 6. The number of hydrogen-bond donors (Lipinski definition) is 1. The maximum atomic E-state index is 13.5. The first-order valence-corrected chi connectivity index (χ1v) is 11.0. The third-order valence-corrected chi connectivity index (χ3v) is 9.19. The Morgan fingerprint density at radius 1 is 1.14 bits per heavy atom. The molecule has 7 atom stereocenters. The number of rotatable bonds is 3. The molecule has 0 aliphatic heterocycles. The van der Waals surface area contributed by atoms with Crippen molar-refractivity contribution >= 4 is 23.3 Å². The molecular weight excluding hydrogens is 372 g/mol. The number of ether oxygens (including phenoxy) is 1. The van der Waals surface area contributed by atoms with E-state index in [0.29, 0.717) is 31.5 Å². The summed E-state index contributed by atoms with van der Waals surface area (Å²) in [5.41, 5.74) is -2.61. The molecule has 6 nitrogen and oxygen atoms in total. The summed E-state index contributed by atoms with van der Waals surface area (Å²) >= 11 is 0. The first-order valence-electron chi connectivity index (χ1n) is 11.0. The summed E-state index contributed by atoms with van der Waals surface area (Å²) in [6, 6.07) is 0. The molecule has 160 valence electrons. The molecule has 6 heteroatoms. The Kier molecular flexibility index (Phi) is 4.80. The highest BCUT2D eigenvalue weighted by Gasteiger charge is 2.69. The zero-order valence-electron chi connectivity index (χ0n) is 17.7. The molecule has 0 unspecified atom stereocenters. The number of aliphatic hydroxyl groups is 1. The van der Waals surface area contributed by atoms with Gasteiger partial charge in [-0.3, -0.25) is 19.2 Å². The van der Waals surface area contributed by atoms with E-state index in [0.717, 1.165) is 19.3 Å². The Morgan fingerprint density at radius 3 is 2.55 bits per heavy atom. The minimum atomic E-state index is -1.63. The quantitative estimate of drug-likeness (QED) is 0.726. The van der Waals surface area contributed by atoms with Crippen molar-refractivity contribution in [2.24, 2.45) is 34.5 Å². The first kappa shape index (κ1) is 20.7. The average Bonchev–Trinajstić information content (AvgIpc) is 2.91. The summed E-state index contributed by atoms with van der Waals surface area (Å²) in [7, 11) is 0. The highest BCUT2D eigenvalue weighted by molar-refractivity contribution is 5.93. The molecule has 0 radical (unpaired) electrons. The summed E-state index contributed by atoms with van der Waals surface area (Å²) in [6.07, 6.45) is 4.90. The van der Waals surface area contributed by atoms with Gasteiger partial charge in [0.2, 0.25) is 5.78 Å². The third kappa shape index (κ3) is 2.85. The van der Waals surface area contributed by atoms with E-state index in [1.807, 2.05) is 6.92 Å². The summed E-state index contributed by atoms with van der Waals surface area (Å²) in [6.45, 7) is 4.86. The van der Waals surface area contributed by atoms with Gasteiger partial charge in [-0.05, 0) is 55.3 Å². The van der Waals surface area contributed by atoms with Crippen LogP contribution in [0.4, 0.5) is 0 Å². The van der Waals surface area contributed by atoms with Crippen LogP contribution in [0.5, 0.6) is 0 Å². The highest BCUT2D eigenvalue weighted by Crippen LogP contribution is 2.67. The van der Waals surface area contributed by atoms with E-state index in [1.54, 1.807) is 0 Å². The van der Waals surface area contributed by atoms with Gasteiger partial charge in [0.15, 0.2) is 6.61 Å². The largest absolute Gasteiger partial charge is 0.458 e. The van der Waals surface area contributed by atoms with E-state index in [1.165, 1.54) is 6.92 Å². The van der Waals surface area contributed by atoms with Gasteiger partial charge in [-0.25, -0.2) is 0 Å².